The van der Waals surface area contributed by atoms with Crippen molar-refractivity contribution in [1.29, 1.82) is 0 Å². The largest absolute Gasteiger partial charge is 0.390 e. The van der Waals surface area contributed by atoms with Crippen LogP contribution in [0.25, 0.3) is 0 Å². The van der Waals surface area contributed by atoms with Crippen molar-refractivity contribution in [3.8, 4) is 0 Å². The molecule has 1 fully saturated rings. The molecule has 1 aromatic heterocycles. The molecule has 1 aromatic rings. The van der Waals surface area contributed by atoms with E-state index in [1.54, 1.807) is 0 Å². The van der Waals surface area contributed by atoms with Crippen LogP contribution in [-0.4, -0.2) is 10.7 Å². The second-order valence-corrected chi connectivity index (χ2v) is 7.89. The zero-order valence-corrected chi connectivity index (χ0v) is 12.8. The first kappa shape index (κ1) is 14.1. The minimum absolute atomic E-state index is 0.411. The van der Waals surface area contributed by atoms with Crippen molar-refractivity contribution in [2.45, 2.75) is 71.3 Å². The minimum atomic E-state index is -0.455. The Bertz CT molecular complexity index is 394. The maximum atomic E-state index is 10.8. The Morgan fingerprint density at radius 2 is 1.83 bits per heavy atom. The summed E-state index contributed by atoms with van der Waals surface area (Å²) in [6.45, 7) is 6.86. The van der Waals surface area contributed by atoms with Gasteiger partial charge in [-0.2, -0.15) is 0 Å². The van der Waals surface area contributed by atoms with Crippen LogP contribution in [0.2, 0.25) is 0 Å². The highest BCUT2D eigenvalue weighted by molar-refractivity contribution is 7.12. The predicted octanol–water partition coefficient (Wildman–Crippen LogP) is 4.57. The van der Waals surface area contributed by atoms with E-state index in [4.69, 9.17) is 0 Å². The van der Waals surface area contributed by atoms with Gasteiger partial charge in [0, 0.05) is 16.2 Å². The van der Waals surface area contributed by atoms with Gasteiger partial charge in [-0.1, -0.05) is 27.2 Å². The van der Waals surface area contributed by atoms with Crippen molar-refractivity contribution in [3.05, 3.63) is 21.9 Å². The van der Waals surface area contributed by atoms with Gasteiger partial charge in [-0.05, 0) is 49.7 Å². The summed E-state index contributed by atoms with van der Waals surface area (Å²) in [7, 11) is 0. The number of aryl methyl sites for hydroxylation is 1. The molecule has 1 saturated carbocycles. The van der Waals surface area contributed by atoms with E-state index in [1.807, 2.05) is 11.3 Å². The Balaban J connectivity index is 2.02. The van der Waals surface area contributed by atoms with Crippen LogP contribution in [0.1, 0.15) is 62.6 Å². The molecule has 18 heavy (non-hydrogen) atoms. The van der Waals surface area contributed by atoms with E-state index in [0.29, 0.717) is 5.41 Å². The molecule has 0 aliphatic heterocycles. The molecule has 102 valence electrons. The monoisotopic (exact) mass is 266 g/mol. The van der Waals surface area contributed by atoms with Gasteiger partial charge in [0.15, 0.2) is 0 Å². The van der Waals surface area contributed by atoms with Crippen molar-refractivity contribution in [2.24, 2.45) is 5.41 Å². The fourth-order valence-corrected chi connectivity index (χ4v) is 4.02. The van der Waals surface area contributed by atoms with Crippen LogP contribution in [0.15, 0.2) is 12.1 Å². The molecule has 0 saturated heterocycles. The number of thiophene rings is 1. The third-order valence-electron chi connectivity index (χ3n) is 4.33. The van der Waals surface area contributed by atoms with Crippen molar-refractivity contribution >= 4 is 11.3 Å². The molecule has 2 rings (SSSR count). The quantitative estimate of drug-likeness (QED) is 0.794. The molecule has 1 atom stereocenters. The first-order chi connectivity index (χ1) is 8.42. The lowest BCUT2D eigenvalue weighted by Gasteiger charge is -2.27. The van der Waals surface area contributed by atoms with Crippen LogP contribution in [-0.2, 0) is 12.8 Å². The molecule has 1 N–H and O–H groups in total. The van der Waals surface area contributed by atoms with Gasteiger partial charge in [0.2, 0.25) is 0 Å². The summed E-state index contributed by atoms with van der Waals surface area (Å²) in [6, 6.07) is 4.42. The molecular formula is C16H26OS. The molecule has 1 unspecified atom stereocenters. The molecule has 0 bridgehead atoms. The molecule has 1 aliphatic carbocycles. The van der Waals surface area contributed by atoms with E-state index in [-0.39, 0.29) is 0 Å². The average Bonchev–Trinajstić information content (AvgIpc) is 2.68. The normalized spacial score (nSPS) is 28.0. The fraction of sp³-hybridized carbons (Fsp3) is 0.750. The SMILES string of the molecule is CCc1ccc(CC2(O)CCCC(C)(C)CC2)s1. The number of aliphatic hydroxyl groups is 1. The second kappa shape index (κ2) is 5.34. The average molecular weight is 266 g/mol. The van der Waals surface area contributed by atoms with Crippen molar-refractivity contribution in [3.63, 3.8) is 0 Å². The topological polar surface area (TPSA) is 20.2 Å². The molecule has 0 amide bonds. The lowest BCUT2D eigenvalue weighted by Crippen LogP contribution is -2.30. The van der Waals surface area contributed by atoms with Crippen molar-refractivity contribution < 1.29 is 5.11 Å². The number of hydrogen-bond donors (Lipinski definition) is 1. The minimum Gasteiger partial charge on any atom is -0.390 e. The lowest BCUT2D eigenvalue weighted by atomic mass is 9.83. The molecular weight excluding hydrogens is 240 g/mol. The van der Waals surface area contributed by atoms with Gasteiger partial charge in [0.25, 0.3) is 0 Å². The predicted molar refractivity (Wildman–Crippen MR) is 79.2 cm³/mol. The van der Waals surface area contributed by atoms with Gasteiger partial charge in [-0.25, -0.2) is 0 Å². The summed E-state index contributed by atoms with van der Waals surface area (Å²) < 4.78 is 0. The maximum Gasteiger partial charge on any atom is 0.0696 e. The third-order valence-corrected chi connectivity index (χ3v) is 5.56. The summed E-state index contributed by atoms with van der Waals surface area (Å²) >= 11 is 1.87. The van der Waals surface area contributed by atoms with E-state index in [9.17, 15) is 5.11 Å². The van der Waals surface area contributed by atoms with Gasteiger partial charge >= 0.3 is 0 Å². The smallest absolute Gasteiger partial charge is 0.0696 e. The molecule has 0 aromatic carbocycles. The summed E-state index contributed by atoms with van der Waals surface area (Å²) in [5.74, 6) is 0. The Morgan fingerprint density at radius 3 is 2.50 bits per heavy atom. The highest BCUT2D eigenvalue weighted by Gasteiger charge is 2.34. The van der Waals surface area contributed by atoms with E-state index < -0.39 is 5.60 Å². The molecule has 1 aliphatic rings. The zero-order chi connectivity index (χ0) is 13.2. The van der Waals surface area contributed by atoms with Crippen LogP contribution in [0.3, 0.4) is 0 Å². The van der Waals surface area contributed by atoms with E-state index in [1.165, 1.54) is 16.2 Å². The van der Waals surface area contributed by atoms with E-state index >= 15 is 0 Å². The molecule has 1 heterocycles. The van der Waals surface area contributed by atoms with Gasteiger partial charge in [-0.15, -0.1) is 11.3 Å². The van der Waals surface area contributed by atoms with Gasteiger partial charge in [0.05, 0.1) is 5.60 Å². The molecule has 0 radical (unpaired) electrons. The van der Waals surface area contributed by atoms with Crippen LogP contribution < -0.4 is 0 Å². The molecule has 2 heteroatoms. The highest BCUT2D eigenvalue weighted by Crippen LogP contribution is 2.40. The van der Waals surface area contributed by atoms with Gasteiger partial charge < -0.3 is 5.11 Å². The van der Waals surface area contributed by atoms with Crippen LogP contribution in [0.4, 0.5) is 0 Å². The summed E-state index contributed by atoms with van der Waals surface area (Å²) in [5.41, 5.74) is -0.0435. The molecule has 0 spiro atoms. The van der Waals surface area contributed by atoms with E-state index in [0.717, 1.165) is 38.5 Å². The number of hydrogen-bond acceptors (Lipinski definition) is 2. The standard InChI is InChI=1S/C16H26OS/c1-4-13-6-7-14(18-13)12-16(17)9-5-8-15(2,3)10-11-16/h6-7,17H,4-5,8-12H2,1-3H3. The Morgan fingerprint density at radius 1 is 1.11 bits per heavy atom. The van der Waals surface area contributed by atoms with Crippen LogP contribution in [0, 0.1) is 5.41 Å². The second-order valence-electron chi connectivity index (χ2n) is 6.64. The van der Waals surface area contributed by atoms with Gasteiger partial charge in [-0.3, -0.25) is 0 Å². The molecule has 1 nitrogen and oxygen atoms in total. The Hall–Kier alpha value is -0.340. The first-order valence-electron chi connectivity index (χ1n) is 7.22. The summed E-state index contributed by atoms with van der Waals surface area (Å²) in [6.07, 6.45) is 7.45. The Labute approximate surface area is 115 Å². The third kappa shape index (κ3) is 3.58. The highest BCUT2D eigenvalue weighted by atomic mass is 32.1. The van der Waals surface area contributed by atoms with Crippen LogP contribution in [0.5, 0.6) is 0 Å². The first-order valence-corrected chi connectivity index (χ1v) is 8.04. The fourth-order valence-electron chi connectivity index (χ4n) is 2.93. The lowest BCUT2D eigenvalue weighted by molar-refractivity contribution is 0.0233. The van der Waals surface area contributed by atoms with E-state index in [2.05, 4.69) is 32.9 Å². The number of rotatable bonds is 3. The van der Waals surface area contributed by atoms with Crippen LogP contribution >= 0.6 is 11.3 Å². The Kier molecular flexibility index (Phi) is 4.18. The summed E-state index contributed by atoms with van der Waals surface area (Å²) in [5, 5.41) is 10.8. The summed E-state index contributed by atoms with van der Waals surface area (Å²) in [4.78, 5) is 2.79. The van der Waals surface area contributed by atoms with Crippen molar-refractivity contribution in [2.75, 3.05) is 0 Å². The zero-order valence-electron chi connectivity index (χ0n) is 12.0. The maximum absolute atomic E-state index is 10.8. The van der Waals surface area contributed by atoms with Gasteiger partial charge in [0.1, 0.15) is 0 Å². The van der Waals surface area contributed by atoms with Crippen molar-refractivity contribution in [1.82, 2.24) is 0 Å².